The van der Waals surface area contributed by atoms with Crippen LogP contribution in [0.3, 0.4) is 0 Å². The minimum absolute atomic E-state index is 0.106. The first-order valence-corrected chi connectivity index (χ1v) is 10.5. The molecule has 0 unspecified atom stereocenters. The lowest BCUT2D eigenvalue weighted by atomic mass is 10.1. The molecule has 0 spiro atoms. The molecule has 1 aliphatic heterocycles. The summed E-state index contributed by atoms with van der Waals surface area (Å²) >= 11 is 0. The van der Waals surface area contributed by atoms with E-state index in [0.717, 1.165) is 33.7 Å². The van der Waals surface area contributed by atoms with Gasteiger partial charge in [0.05, 0.1) is 11.0 Å². The van der Waals surface area contributed by atoms with Gasteiger partial charge in [-0.15, -0.1) is 0 Å². The first-order valence-electron chi connectivity index (χ1n) is 10.5. The van der Waals surface area contributed by atoms with Gasteiger partial charge in [-0.2, -0.15) is 0 Å². The number of carbonyl (C=O) groups excluding carboxylic acids is 2. The fourth-order valence-electron chi connectivity index (χ4n) is 4.11. The minimum atomic E-state index is -0.194. The fraction of sp³-hybridized carbons (Fsp3) is 0.160. The second-order valence-corrected chi connectivity index (χ2v) is 7.90. The normalized spacial score (nSPS) is 13.4. The van der Waals surface area contributed by atoms with Crippen molar-refractivity contribution in [3.63, 3.8) is 0 Å². The quantitative estimate of drug-likeness (QED) is 0.511. The number of benzene rings is 3. The molecule has 5 rings (SSSR count). The molecule has 3 amide bonds. The lowest BCUT2D eigenvalue weighted by Gasteiger charge is -2.17. The van der Waals surface area contributed by atoms with Crippen molar-refractivity contribution < 1.29 is 9.59 Å². The van der Waals surface area contributed by atoms with E-state index in [0.29, 0.717) is 24.3 Å². The second kappa shape index (κ2) is 7.85. The van der Waals surface area contributed by atoms with Crippen molar-refractivity contribution in [2.24, 2.45) is 7.05 Å². The van der Waals surface area contributed by atoms with E-state index in [4.69, 9.17) is 4.98 Å². The number of carbonyl (C=O) groups is 2. The van der Waals surface area contributed by atoms with Crippen LogP contribution in [-0.2, 0) is 7.05 Å². The molecule has 3 aromatic carbocycles. The van der Waals surface area contributed by atoms with Crippen LogP contribution in [0.15, 0.2) is 66.7 Å². The first kappa shape index (κ1) is 19.8. The van der Waals surface area contributed by atoms with Crippen LogP contribution in [0.1, 0.15) is 15.9 Å². The summed E-state index contributed by atoms with van der Waals surface area (Å²) in [5.41, 5.74) is 5.96. The highest BCUT2D eigenvalue weighted by Crippen LogP contribution is 2.26. The molecule has 0 atom stereocenters. The van der Waals surface area contributed by atoms with Crippen LogP contribution < -0.4 is 15.5 Å². The molecule has 0 radical (unpaired) electrons. The molecule has 2 N–H and O–H groups in total. The van der Waals surface area contributed by atoms with Crippen LogP contribution in [0.25, 0.3) is 22.4 Å². The Morgan fingerprint density at radius 3 is 2.53 bits per heavy atom. The van der Waals surface area contributed by atoms with Gasteiger partial charge in [0.25, 0.3) is 5.91 Å². The van der Waals surface area contributed by atoms with Crippen LogP contribution in [0.5, 0.6) is 0 Å². The molecule has 1 aliphatic rings. The van der Waals surface area contributed by atoms with E-state index in [-0.39, 0.29) is 11.9 Å². The molecule has 1 fully saturated rings. The predicted octanol–water partition coefficient (Wildman–Crippen LogP) is 4.33. The van der Waals surface area contributed by atoms with Crippen molar-refractivity contribution in [1.82, 2.24) is 14.9 Å². The van der Waals surface area contributed by atoms with E-state index in [1.807, 2.05) is 74.6 Å². The largest absolute Gasteiger partial charge is 0.336 e. The predicted molar refractivity (Wildman–Crippen MR) is 126 cm³/mol. The number of nitrogens with one attached hydrogen (secondary N) is 2. The summed E-state index contributed by atoms with van der Waals surface area (Å²) in [5.74, 6) is 0.683. The molecule has 0 bridgehead atoms. The van der Waals surface area contributed by atoms with Gasteiger partial charge >= 0.3 is 6.03 Å². The van der Waals surface area contributed by atoms with Gasteiger partial charge in [0.15, 0.2) is 0 Å². The van der Waals surface area contributed by atoms with Crippen LogP contribution >= 0.6 is 0 Å². The lowest BCUT2D eigenvalue weighted by Crippen LogP contribution is -2.28. The van der Waals surface area contributed by atoms with Crippen LogP contribution in [0, 0.1) is 6.92 Å². The molecule has 0 aliphatic carbocycles. The zero-order valence-electron chi connectivity index (χ0n) is 17.9. The SMILES string of the molecule is Cc1cc(C(=O)Nc2ccc(-c3nc4ccccc4n3C)cc2)ccc1N1CCNC1=O. The van der Waals surface area contributed by atoms with Crippen molar-refractivity contribution in [1.29, 1.82) is 0 Å². The zero-order valence-corrected chi connectivity index (χ0v) is 17.9. The van der Waals surface area contributed by atoms with Crippen molar-refractivity contribution >= 4 is 34.3 Å². The number of amides is 3. The Morgan fingerprint density at radius 2 is 1.84 bits per heavy atom. The maximum atomic E-state index is 12.8. The fourth-order valence-corrected chi connectivity index (χ4v) is 4.11. The standard InChI is InChI=1S/C25H23N5O2/c1-16-15-18(9-12-21(16)30-14-13-26-25(30)32)24(31)27-19-10-7-17(8-11-19)23-28-20-5-3-4-6-22(20)29(23)2/h3-12,15H,13-14H2,1-2H3,(H,26,32)(H,27,31). The maximum absolute atomic E-state index is 12.8. The topological polar surface area (TPSA) is 79.3 Å². The van der Waals surface area contributed by atoms with Crippen LogP contribution in [0.4, 0.5) is 16.2 Å². The first-order chi connectivity index (χ1) is 15.5. The van der Waals surface area contributed by atoms with Gasteiger partial charge in [0.2, 0.25) is 0 Å². The number of nitrogens with zero attached hydrogens (tertiary/aromatic N) is 3. The third-order valence-corrected chi connectivity index (χ3v) is 5.79. The highest BCUT2D eigenvalue weighted by atomic mass is 16.2. The van der Waals surface area contributed by atoms with E-state index in [2.05, 4.69) is 15.2 Å². The number of aromatic nitrogens is 2. The van der Waals surface area contributed by atoms with Crippen LogP contribution in [-0.4, -0.2) is 34.6 Å². The third-order valence-electron chi connectivity index (χ3n) is 5.79. The Bertz CT molecular complexity index is 1340. The van der Waals surface area contributed by atoms with Gasteiger partial charge in [0, 0.05) is 42.6 Å². The van der Waals surface area contributed by atoms with Crippen molar-refractivity contribution in [3.05, 3.63) is 77.9 Å². The number of fused-ring (bicyclic) bond motifs is 1. The Labute approximate surface area is 185 Å². The third kappa shape index (κ3) is 3.47. The summed E-state index contributed by atoms with van der Waals surface area (Å²) in [6.07, 6.45) is 0. The Morgan fingerprint density at radius 1 is 1.06 bits per heavy atom. The monoisotopic (exact) mass is 425 g/mol. The maximum Gasteiger partial charge on any atom is 0.322 e. The molecule has 160 valence electrons. The zero-order chi connectivity index (χ0) is 22.2. The number of hydrogen-bond donors (Lipinski definition) is 2. The van der Waals surface area contributed by atoms with Gasteiger partial charge in [-0.1, -0.05) is 12.1 Å². The summed E-state index contributed by atoms with van der Waals surface area (Å²) in [5, 5.41) is 5.74. The van der Waals surface area contributed by atoms with E-state index < -0.39 is 0 Å². The Balaban J connectivity index is 1.33. The number of rotatable bonds is 4. The van der Waals surface area contributed by atoms with Gasteiger partial charge in [0.1, 0.15) is 5.82 Å². The van der Waals surface area contributed by atoms with E-state index in [9.17, 15) is 9.59 Å². The molecule has 1 aromatic heterocycles. The Hall–Kier alpha value is -4.13. The van der Waals surface area contributed by atoms with Gasteiger partial charge in [-0.25, -0.2) is 9.78 Å². The molecule has 32 heavy (non-hydrogen) atoms. The number of anilines is 2. The van der Waals surface area contributed by atoms with Gasteiger partial charge in [-0.05, 0) is 67.1 Å². The molecule has 4 aromatic rings. The number of urea groups is 1. The molecule has 0 saturated carbocycles. The number of hydrogen-bond acceptors (Lipinski definition) is 3. The summed E-state index contributed by atoms with van der Waals surface area (Å²) < 4.78 is 2.06. The molecular weight excluding hydrogens is 402 g/mol. The summed E-state index contributed by atoms with van der Waals surface area (Å²) in [7, 11) is 2.00. The van der Waals surface area contributed by atoms with Gasteiger partial charge in [-0.3, -0.25) is 9.69 Å². The molecular formula is C25H23N5O2. The van der Waals surface area contributed by atoms with Gasteiger partial charge < -0.3 is 15.2 Å². The average molecular weight is 425 g/mol. The average Bonchev–Trinajstić information content (AvgIpc) is 3.37. The summed E-state index contributed by atoms with van der Waals surface area (Å²) in [4.78, 5) is 31.1. The summed E-state index contributed by atoms with van der Waals surface area (Å²) in [6, 6.07) is 21.0. The summed E-state index contributed by atoms with van der Waals surface area (Å²) in [6.45, 7) is 3.16. The molecule has 2 heterocycles. The highest BCUT2D eigenvalue weighted by molar-refractivity contribution is 6.05. The minimum Gasteiger partial charge on any atom is -0.336 e. The van der Waals surface area contributed by atoms with Crippen molar-refractivity contribution in [2.75, 3.05) is 23.3 Å². The number of imidazole rings is 1. The van der Waals surface area contributed by atoms with Crippen molar-refractivity contribution in [2.45, 2.75) is 6.92 Å². The van der Waals surface area contributed by atoms with E-state index >= 15 is 0 Å². The molecule has 7 nitrogen and oxygen atoms in total. The van der Waals surface area contributed by atoms with Crippen molar-refractivity contribution in [3.8, 4) is 11.4 Å². The highest BCUT2D eigenvalue weighted by Gasteiger charge is 2.23. The van der Waals surface area contributed by atoms with E-state index in [1.165, 1.54) is 0 Å². The molecule has 7 heteroatoms. The van der Waals surface area contributed by atoms with Crippen LogP contribution in [0.2, 0.25) is 0 Å². The number of aryl methyl sites for hydroxylation is 2. The molecule has 1 saturated heterocycles. The smallest absolute Gasteiger partial charge is 0.322 e. The van der Waals surface area contributed by atoms with E-state index in [1.54, 1.807) is 11.0 Å². The lowest BCUT2D eigenvalue weighted by molar-refractivity contribution is 0.102. The number of para-hydroxylation sites is 2. The second-order valence-electron chi connectivity index (χ2n) is 7.90. The Kier molecular flexibility index (Phi) is 4.86.